The van der Waals surface area contributed by atoms with Gasteiger partial charge in [0.15, 0.2) is 5.75 Å². The van der Waals surface area contributed by atoms with Crippen LogP contribution in [0.3, 0.4) is 0 Å². The number of nitriles is 1. The molecule has 0 unspecified atom stereocenters. The van der Waals surface area contributed by atoms with E-state index in [0.717, 1.165) is 12.1 Å². The number of amides is 1. The highest BCUT2D eigenvalue weighted by Gasteiger charge is 2.32. The predicted molar refractivity (Wildman–Crippen MR) is 107 cm³/mol. The van der Waals surface area contributed by atoms with Crippen LogP contribution in [-0.4, -0.2) is 5.91 Å². The lowest BCUT2D eigenvalue weighted by molar-refractivity contribution is -0.137. The Labute approximate surface area is 170 Å². The second-order valence-corrected chi connectivity index (χ2v) is 6.12. The molecule has 30 heavy (non-hydrogen) atoms. The van der Waals surface area contributed by atoms with Gasteiger partial charge in [0.1, 0.15) is 17.4 Å². The number of ether oxygens (including phenoxy) is 1. The molecule has 1 amide bonds. The maximum atomic E-state index is 13.2. The third-order valence-electron chi connectivity index (χ3n) is 4.04. The zero-order chi connectivity index (χ0) is 21.6. The molecular formula is C23H15F3N2O2. The summed E-state index contributed by atoms with van der Waals surface area (Å²) in [6.45, 7) is 0. The Balaban J connectivity index is 1.88. The number of carbonyl (C=O) groups excluding carboxylic acids is 1. The fourth-order valence-electron chi connectivity index (χ4n) is 2.65. The molecule has 7 heteroatoms. The summed E-state index contributed by atoms with van der Waals surface area (Å²) in [5.74, 6) is 0.0120. The number of rotatable bonds is 5. The van der Waals surface area contributed by atoms with Crippen molar-refractivity contribution in [3.63, 3.8) is 0 Å². The average Bonchev–Trinajstić information content (AvgIpc) is 2.73. The Kier molecular flexibility index (Phi) is 6.18. The maximum absolute atomic E-state index is 13.2. The fraction of sp³-hybridized carbons (Fsp3) is 0.0435. The van der Waals surface area contributed by atoms with Crippen LogP contribution in [0.5, 0.6) is 11.5 Å². The van der Waals surface area contributed by atoms with Crippen LogP contribution in [0.1, 0.15) is 11.1 Å². The third kappa shape index (κ3) is 5.06. The summed E-state index contributed by atoms with van der Waals surface area (Å²) >= 11 is 0. The number of nitrogens with one attached hydrogen (secondary N) is 1. The first-order chi connectivity index (χ1) is 14.4. The van der Waals surface area contributed by atoms with Crippen molar-refractivity contribution in [2.75, 3.05) is 5.32 Å². The fourth-order valence-corrected chi connectivity index (χ4v) is 2.65. The van der Waals surface area contributed by atoms with Crippen molar-refractivity contribution in [3.05, 3.63) is 95.6 Å². The second kappa shape index (κ2) is 8.97. The molecule has 1 N–H and O–H groups in total. The molecular weight excluding hydrogens is 393 g/mol. The highest BCUT2D eigenvalue weighted by molar-refractivity contribution is 6.10. The van der Waals surface area contributed by atoms with Crippen molar-refractivity contribution in [2.24, 2.45) is 0 Å². The van der Waals surface area contributed by atoms with E-state index in [0.29, 0.717) is 11.5 Å². The molecule has 0 heterocycles. The molecule has 0 aliphatic rings. The second-order valence-electron chi connectivity index (χ2n) is 6.12. The van der Waals surface area contributed by atoms with Gasteiger partial charge >= 0.3 is 6.18 Å². The summed E-state index contributed by atoms with van der Waals surface area (Å²) in [6, 6.07) is 21.8. The van der Waals surface area contributed by atoms with E-state index in [4.69, 9.17) is 4.74 Å². The van der Waals surface area contributed by atoms with E-state index in [1.165, 1.54) is 18.2 Å². The number of hydrogen-bond donors (Lipinski definition) is 1. The van der Waals surface area contributed by atoms with Gasteiger partial charge in [-0.3, -0.25) is 4.79 Å². The van der Waals surface area contributed by atoms with Gasteiger partial charge in [-0.05, 0) is 42.0 Å². The summed E-state index contributed by atoms with van der Waals surface area (Å²) in [5.41, 5.74) is -1.40. The lowest BCUT2D eigenvalue weighted by atomic mass is 10.0. The van der Waals surface area contributed by atoms with Gasteiger partial charge in [0.25, 0.3) is 5.91 Å². The van der Waals surface area contributed by atoms with E-state index in [1.54, 1.807) is 54.6 Å². The standard InChI is InChI=1S/C23H15F3N2O2/c24-23(25,26)19-11-5-4-8-16(19)14-17(15-27)22(29)28-20-12-6-7-13-21(20)30-18-9-2-1-3-10-18/h1-14H,(H,28,29). The Morgan fingerprint density at radius 3 is 2.27 bits per heavy atom. The highest BCUT2D eigenvalue weighted by atomic mass is 19.4. The van der Waals surface area contributed by atoms with Crippen molar-refractivity contribution in [1.82, 2.24) is 0 Å². The summed E-state index contributed by atoms with van der Waals surface area (Å²) in [4.78, 5) is 12.6. The Bertz CT molecular complexity index is 1120. The number of halogens is 3. The minimum Gasteiger partial charge on any atom is -0.455 e. The van der Waals surface area contributed by atoms with E-state index in [1.807, 2.05) is 6.07 Å². The molecule has 0 saturated heterocycles. The largest absolute Gasteiger partial charge is 0.455 e. The molecule has 0 radical (unpaired) electrons. The average molecular weight is 408 g/mol. The van der Waals surface area contributed by atoms with E-state index < -0.39 is 23.2 Å². The molecule has 0 bridgehead atoms. The number of nitrogens with zero attached hydrogens (tertiary/aromatic N) is 1. The van der Waals surface area contributed by atoms with Crippen LogP contribution >= 0.6 is 0 Å². The third-order valence-corrected chi connectivity index (χ3v) is 4.04. The van der Waals surface area contributed by atoms with Crippen molar-refractivity contribution < 1.29 is 22.7 Å². The predicted octanol–water partition coefficient (Wildman–Crippen LogP) is 6.04. The zero-order valence-electron chi connectivity index (χ0n) is 15.5. The molecule has 3 aromatic carbocycles. The molecule has 4 nitrogen and oxygen atoms in total. The van der Waals surface area contributed by atoms with Crippen LogP contribution in [0.15, 0.2) is 84.4 Å². The molecule has 0 aliphatic heterocycles. The van der Waals surface area contributed by atoms with E-state index in [9.17, 15) is 23.2 Å². The number of alkyl halides is 3. The van der Waals surface area contributed by atoms with Gasteiger partial charge in [0.05, 0.1) is 11.3 Å². The molecule has 3 aromatic rings. The van der Waals surface area contributed by atoms with Crippen LogP contribution in [0.25, 0.3) is 6.08 Å². The van der Waals surface area contributed by atoms with Crippen LogP contribution in [0.2, 0.25) is 0 Å². The van der Waals surface area contributed by atoms with E-state index >= 15 is 0 Å². The summed E-state index contributed by atoms with van der Waals surface area (Å²) in [6.07, 6.45) is -3.70. The van der Waals surface area contributed by atoms with Crippen molar-refractivity contribution >= 4 is 17.7 Å². The molecule has 0 aliphatic carbocycles. The van der Waals surface area contributed by atoms with Gasteiger partial charge in [-0.25, -0.2) is 0 Å². The topological polar surface area (TPSA) is 62.1 Å². The van der Waals surface area contributed by atoms with Gasteiger partial charge in [-0.15, -0.1) is 0 Å². The first-order valence-corrected chi connectivity index (χ1v) is 8.80. The van der Waals surface area contributed by atoms with Gasteiger partial charge < -0.3 is 10.1 Å². The monoisotopic (exact) mass is 408 g/mol. The Hall–Kier alpha value is -4.05. The van der Waals surface area contributed by atoms with Gasteiger partial charge in [-0.1, -0.05) is 48.5 Å². The van der Waals surface area contributed by atoms with Gasteiger partial charge in [0.2, 0.25) is 0 Å². The zero-order valence-corrected chi connectivity index (χ0v) is 15.5. The Morgan fingerprint density at radius 1 is 0.933 bits per heavy atom. The minimum absolute atomic E-state index is 0.273. The smallest absolute Gasteiger partial charge is 0.416 e. The first kappa shape index (κ1) is 20.7. The van der Waals surface area contributed by atoms with E-state index in [2.05, 4.69) is 5.32 Å². The molecule has 0 aromatic heterocycles. The first-order valence-electron chi connectivity index (χ1n) is 8.80. The molecule has 0 spiro atoms. The van der Waals surface area contributed by atoms with Crippen LogP contribution in [0.4, 0.5) is 18.9 Å². The molecule has 3 rings (SSSR count). The Morgan fingerprint density at radius 2 is 1.57 bits per heavy atom. The van der Waals surface area contributed by atoms with Crippen LogP contribution in [-0.2, 0) is 11.0 Å². The number of para-hydroxylation sites is 3. The highest BCUT2D eigenvalue weighted by Crippen LogP contribution is 2.33. The SMILES string of the molecule is N#CC(=Cc1ccccc1C(F)(F)F)C(=O)Nc1ccccc1Oc1ccccc1. The molecule has 0 saturated carbocycles. The lowest BCUT2D eigenvalue weighted by Gasteiger charge is -2.12. The number of carbonyl (C=O) groups is 1. The van der Waals surface area contributed by atoms with Crippen molar-refractivity contribution in [1.29, 1.82) is 5.26 Å². The van der Waals surface area contributed by atoms with Crippen molar-refractivity contribution in [3.8, 4) is 17.6 Å². The maximum Gasteiger partial charge on any atom is 0.416 e. The van der Waals surface area contributed by atoms with Crippen LogP contribution < -0.4 is 10.1 Å². The summed E-state index contributed by atoms with van der Waals surface area (Å²) < 4.78 is 45.3. The number of benzene rings is 3. The van der Waals surface area contributed by atoms with Crippen molar-refractivity contribution in [2.45, 2.75) is 6.18 Å². The molecule has 0 fully saturated rings. The molecule has 150 valence electrons. The summed E-state index contributed by atoms with van der Waals surface area (Å²) in [7, 11) is 0. The summed E-state index contributed by atoms with van der Waals surface area (Å²) in [5, 5.41) is 11.9. The van der Waals surface area contributed by atoms with Crippen LogP contribution in [0, 0.1) is 11.3 Å². The van der Waals surface area contributed by atoms with Gasteiger partial charge in [0, 0.05) is 0 Å². The van der Waals surface area contributed by atoms with E-state index in [-0.39, 0.29) is 11.3 Å². The lowest BCUT2D eigenvalue weighted by Crippen LogP contribution is -2.14. The van der Waals surface area contributed by atoms with Gasteiger partial charge in [-0.2, -0.15) is 18.4 Å². The number of anilines is 1. The minimum atomic E-state index is -4.61. The normalized spacial score (nSPS) is 11.5. The quantitative estimate of drug-likeness (QED) is 0.413. The number of hydrogen-bond acceptors (Lipinski definition) is 3. The molecule has 0 atom stereocenters.